The first-order valence-electron chi connectivity index (χ1n) is 16.7. The molecule has 5 aliphatic carbocycles. The van der Waals surface area contributed by atoms with Crippen LogP contribution in [-0.2, 0) is 14.0 Å². The van der Waals surface area contributed by atoms with Crippen molar-refractivity contribution >= 4 is 7.14 Å². The molecule has 0 heterocycles. The van der Waals surface area contributed by atoms with Gasteiger partial charge < -0.3 is 25.5 Å². The lowest BCUT2D eigenvalue weighted by molar-refractivity contribution is -0.227. The average Bonchev–Trinajstić information content (AvgIpc) is 2.96. The van der Waals surface area contributed by atoms with Gasteiger partial charge in [-0.05, 0) is 83.5 Å². The molecule has 9 unspecified atom stereocenters. The molecule has 238 valence electrons. The number of nitrogens with two attached hydrogens (primary N) is 2. The third-order valence-corrected chi connectivity index (χ3v) is 16.1. The van der Waals surface area contributed by atoms with E-state index in [1.807, 2.05) is 0 Å². The lowest BCUT2D eigenvalue weighted by Gasteiger charge is -2.49. The molecule has 5 rings (SSSR count). The van der Waals surface area contributed by atoms with Crippen LogP contribution in [0.2, 0.25) is 0 Å². The third kappa shape index (κ3) is 7.54. The minimum absolute atomic E-state index is 0.111. The normalized spacial score (nSPS) is 40.9. The van der Waals surface area contributed by atoms with Gasteiger partial charge in [-0.3, -0.25) is 0 Å². The summed E-state index contributed by atoms with van der Waals surface area (Å²) >= 11 is 0. The molecule has 9 atom stereocenters. The quantitative estimate of drug-likeness (QED) is 0.229. The van der Waals surface area contributed by atoms with Crippen molar-refractivity contribution in [2.75, 3.05) is 0 Å². The predicted molar refractivity (Wildman–Crippen MR) is 154 cm³/mol. The molecule has 0 bridgehead atoms. The van der Waals surface area contributed by atoms with Crippen molar-refractivity contribution in [1.29, 1.82) is 0 Å². The lowest BCUT2D eigenvalue weighted by atomic mass is 9.82. The van der Waals surface area contributed by atoms with E-state index < -0.39 is 49.8 Å². The fraction of sp³-hybridized carbons (Fsp3) is 1.00. The van der Waals surface area contributed by atoms with Crippen molar-refractivity contribution in [1.82, 2.24) is 0 Å². The summed E-state index contributed by atoms with van der Waals surface area (Å²) < 4.78 is 85.9. The van der Waals surface area contributed by atoms with Crippen molar-refractivity contribution < 1.29 is 31.6 Å². The molecule has 0 aliphatic heterocycles. The number of rotatable bonds is 7. The molecule has 0 amide bonds. The second kappa shape index (κ2) is 13.8. The highest BCUT2D eigenvalue weighted by molar-refractivity contribution is 7.66. The van der Waals surface area contributed by atoms with Crippen molar-refractivity contribution in [2.45, 2.75) is 188 Å². The minimum Gasteiger partial charge on any atom is -0.374 e. The summed E-state index contributed by atoms with van der Waals surface area (Å²) in [7, 11) is -2.84. The fourth-order valence-corrected chi connectivity index (χ4v) is 14.4. The summed E-state index contributed by atoms with van der Waals surface area (Å²) in [6.45, 7) is 0. The van der Waals surface area contributed by atoms with Crippen LogP contribution in [0.25, 0.3) is 0 Å². The maximum atomic E-state index is 15.7. The van der Waals surface area contributed by atoms with E-state index in [0.717, 1.165) is 64.2 Å². The Morgan fingerprint density at radius 1 is 0.610 bits per heavy atom. The van der Waals surface area contributed by atoms with Crippen molar-refractivity contribution in [3.63, 3.8) is 0 Å². The Morgan fingerprint density at radius 3 is 1.71 bits per heavy atom. The molecule has 10 heteroatoms. The highest BCUT2D eigenvalue weighted by Crippen LogP contribution is 2.69. The van der Waals surface area contributed by atoms with E-state index in [9.17, 15) is 13.2 Å². The van der Waals surface area contributed by atoms with Gasteiger partial charge in [-0.1, -0.05) is 38.5 Å². The molecule has 0 saturated heterocycles. The SMILES string of the molecule is NC1CCC(OC2CCC(OC3CCC(N)CC3C(F)(F)F)CC2P(=O)(C2CCCCC2)C2CCCCC2)C(F)C1. The first-order valence-corrected chi connectivity index (χ1v) is 18.6. The molecule has 0 radical (unpaired) electrons. The zero-order valence-corrected chi connectivity index (χ0v) is 25.5. The fourth-order valence-electron chi connectivity index (χ4n) is 9.02. The molecule has 5 saturated carbocycles. The molecule has 0 aromatic heterocycles. The monoisotopic (exact) mass is 608 g/mol. The van der Waals surface area contributed by atoms with Gasteiger partial charge in [-0.25, -0.2) is 4.39 Å². The van der Waals surface area contributed by atoms with Gasteiger partial charge in [0, 0.05) is 29.1 Å². The maximum Gasteiger partial charge on any atom is 0.394 e. The van der Waals surface area contributed by atoms with Crippen LogP contribution < -0.4 is 11.5 Å². The van der Waals surface area contributed by atoms with Crippen LogP contribution in [0.15, 0.2) is 0 Å². The maximum absolute atomic E-state index is 15.7. The van der Waals surface area contributed by atoms with Gasteiger partial charge in [0.2, 0.25) is 0 Å². The molecule has 5 aliphatic rings. The molecule has 0 aromatic rings. The smallest absolute Gasteiger partial charge is 0.374 e. The van der Waals surface area contributed by atoms with Crippen LogP contribution in [0.1, 0.15) is 122 Å². The lowest BCUT2D eigenvalue weighted by Crippen LogP contribution is -2.50. The minimum atomic E-state index is -4.36. The molecular formula is C31H53F4N2O3P. The predicted octanol–water partition coefficient (Wildman–Crippen LogP) is 7.61. The van der Waals surface area contributed by atoms with Crippen LogP contribution in [0.5, 0.6) is 0 Å². The van der Waals surface area contributed by atoms with Crippen molar-refractivity contribution in [3.05, 3.63) is 0 Å². The Morgan fingerprint density at radius 2 is 1.15 bits per heavy atom. The largest absolute Gasteiger partial charge is 0.394 e. The van der Waals surface area contributed by atoms with Crippen LogP contribution in [0.3, 0.4) is 0 Å². The van der Waals surface area contributed by atoms with E-state index in [0.29, 0.717) is 44.9 Å². The topological polar surface area (TPSA) is 87.6 Å². The van der Waals surface area contributed by atoms with E-state index in [2.05, 4.69) is 0 Å². The van der Waals surface area contributed by atoms with Crippen molar-refractivity contribution in [3.8, 4) is 0 Å². The van der Waals surface area contributed by atoms with E-state index in [1.54, 1.807) is 0 Å². The van der Waals surface area contributed by atoms with Crippen LogP contribution >= 0.6 is 7.14 Å². The molecular weight excluding hydrogens is 555 g/mol. The number of hydrogen-bond donors (Lipinski definition) is 2. The zero-order chi connectivity index (χ0) is 29.2. The van der Waals surface area contributed by atoms with Gasteiger partial charge in [0.15, 0.2) is 0 Å². The Labute approximate surface area is 244 Å². The second-order valence-corrected chi connectivity index (χ2v) is 17.7. The van der Waals surface area contributed by atoms with Crippen molar-refractivity contribution in [2.24, 2.45) is 17.4 Å². The first kappa shape index (κ1) is 32.2. The summed E-state index contributed by atoms with van der Waals surface area (Å²) in [5.41, 5.74) is 11.9. The number of ether oxygens (including phenoxy) is 2. The highest BCUT2D eigenvalue weighted by atomic mass is 31.2. The molecule has 5 fully saturated rings. The zero-order valence-electron chi connectivity index (χ0n) is 24.6. The summed E-state index contributed by atoms with van der Waals surface area (Å²) in [5, 5.41) is 0. The Bertz CT molecular complexity index is 860. The van der Waals surface area contributed by atoms with Crippen LogP contribution in [0, 0.1) is 5.92 Å². The Balaban J connectivity index is 1.41. The summed E-state index contributed by atoms with van der Waals surface area (Å²) in [6.07, 6.45) is 6.46. The standard InChI is InChI=1S/C31H53F4N2O3P/c32-26-18-21(37)12-15-28(26)40-29-16-13-22(39-27-14-11-20(36)17-25(27)31(33,34)35)19-30(29)41(38,23-7-3-1-4-8-23)24-9-5-2-6-10-24/h20-30H,1-19,36-37H2. The van der Waals surface area contributed by atoms with E-state index in [4.69, 9.17) is 20.9 Å². The second-order valence-electron chi connectivity index (χ2n) is 14.0. The summed E-state index contributed by atoms with van der Waals surface area (Å²) in [6, 6.07) is -0.626. The number of alkyl halides is 4. The van der Waals surface area contributed by atoms with Crippen LogP contribution in [0.4, 0.5) is 17.6 Å². The van der Waals surface area contributed by atoms with Gasteiger partial charge in [0.1, 0.15) is 6.17 Å². The van der Waals surface area contributed by atoms with Crippen LogP contribution in [-0.4, -0.2) is 65.8 Å². The van der Waals surface area contributed by atoms with E-state index in [1.165, 1.54) is 0 Å². The van der Waals surface area contributed by atoms with E-state index >= 15 is 8.96 Å². The highest BCUT2D eigenvalue weighted by Gasteiger charge is 2.54. The molecule has 4 N–H and O–H groups in total. The van der Waals surface area contributed by atoms with Gasteiger partial charge in [0.05, 0.1) is 37.5 Å². The Kier molecular flexibility index (Phi) is 10.9. The molecule has 41 heavy (non-hydrogen) atoms. The number of halogens is 4. The molecule has 0 aromatic carbocycles. The molecule has 0 spiro atoms. The van der Waals surface area contributed by atoms with Gasteiger partial charge in [-0.2, -0.15) is 13.2 Å². The van der Waals surface area contributed by atoms with Gasteiger partial charge in [-0.15, -0.1) is 0 Å². The average molecular weight is 609 g/mol. The third-order valence-electron chi connectivity index (χ3n) is 11.2. The first-order chi connectivity index (χ1) is 19.6. The number of hydrogen-bond acceptors (Lipinski definition) is 5. The van der Waals surface area contributed by atoms with Gasteiger partial charge in [0.25, 0.3) is 0 Å². The Hall–Kier alpha value is -0.210. The summed E-state index contributed by atoms with van der Waals surface area (Å²) in [5.74, 6) is -1.57. The summed E-state index contributed by atoms with van der Waals surface area (Å²) in [4.78, 5) is 0. The van der Waals surface area contributed by atoms with Gasteiger partial charge >= 0.3 is 6.18 Å². The molecule has 5 nitrogen and oxygen atoms in total. The van der Waals surface area contributed by atoms with E-state index in [-0.39, 0.29) is 42.0 Å².